The van der Waals surface area contributed by atoms with Gasteiger partial charge in [-0.1, -0.05) is 19.9 Å². The van der Waals surface area contributed by atoms with E-state index in [1.807, 2.05) is 18.2 Å². The van der Waals surface area contributed by atoms with Gasteiger partial charge in [0.25, 0.3) is 0 Å². The number of nitrogens with two attached hydrogens (primary N) is 1. The molecule has 3 heteroatoms. The summed E-state index contributed by atoms with van der Waals surface area (Å²) in [5.74, 6) is 2.28. The van der Waals surface area contributed by atoms with Crippen molar-refractivity contribution >= 4 is 0 Å². The number of hydrogen-bond donors (Lipinski definition) is 1. The van der Waals surface area contributed by atoms with Gasteiger partial charge in [0.05, 0.1) is 7.11 Å². The number of methoxy groups -OCH3 is 1. The van der Waals surface area contributed by atoms with Crippen molar-refractivity contribution in [3.8, 4) is 11.5 Å². The van der Waals surface area contributed by atoms with Gasteiger partial charge in [-0.3, -0.25) is 0 Å². The van der Waals surface area contributed by atoms with Crippen LogP contribution in [-0.2, 0) is 0 Å². The number of fused-ring (bicyclic) bond motifs is 1. The maximum Gasteiger partial charge on any atom is 0.128 e. The first kappa shape index (κ1) is 13.2. The fourth-order valence-corrected chi connectivity index (χ4v) is 2.91. The standard InChI is InChI=1S/C15H23NO2/c1-10(2)8-15(3)9-13(16)12-6-5-11(17-4)7-14(12)18-15/h5-7,10,13H,8-9,16H2,1-4H3/t13-,15?/m0/s1. The lowest BCUT2D eigenvalue weighted by Crippen LogP contribution is -2.41. The van der Waals surface area contributed by atoms with E-state index in [0.717, 1.165) is 29.9 Å². The zero-order valence-corrected chi connectivity index (χ0v) is 11.7. The van der Waals surface area contributed by atoms with Crippen LogP contribution in [0, 0.1) is 5.92 Å². The third-order valence-electron chi connectivity index (χ3n) is 3.47. The van der Waals surface area contributed by atoms with E-state index in [-0.39, 0.29) is 11.6 Å². The Hall–Kier alpha value is -1.22. The second-order valence-electron chi connectivity index (χ2n) is 5.86. The Morgan fingerprint density at radius 3 is 2.83 bits per heavy atom. The van der Waals surface area contributed by atoms with E-state index in [9.17, 15) is 0 Å². The second kappa shape index (κ2) is 4.81. The fourth-order valence-electron chi connectivity index (χ4n) is 2.91. The summed E-state index contributed by atoms with van der Waals surface area (Å²) in [7, 11) is 1.66. The molecule has 1 heterocycles. The Bertz CT molecular complexity index is 431. The van der Waals surface area contributed by atoms with Crippen LogP contribution in [0.3, 0.4) is 0 Å². The van der Waals surface area contributed by atoms with Crippen LogP contribution in [0.5, 0.6) is 11.5 Å². The van der Waals surface area contributed by atoms with Crippen LogP contribution in [0.1, 0.15) is 45.2 Å². The predicted molar refractivity (Wildman–Crippen MR) is 73.0 cm³/mol. The largest absolute Gasteiger partial charge is 0.497 e. The topological polar surface area (TPSA) is 44.5 Å². The molecule has 0 saturated heterocycles. The van der Waals surface area contributed by atoms with Crippen molar-refractivity contribution in [2.75, 3.05) is 7.11 Å². The quantitative estimate of drug-likeness (QED) is 0.894. The molecule has 2 atom stereocenters. The molecular formula is C15H23NO2. The minimum absolute atomic E-state index is 0.0448. The molecule has 1 aliphatic heterocycles. The first-order valence-corrected chi connectivity index (χ1v) is 6.56. The molecule has 0 fully saturated rings. The number of ether oxygens (including phenoxy) is 2. The summed E-state index contributed by atoms with van der Waals surface area (Å²) in [5.41, 5.74) is 7.18. The molecule has 0 aromatic heterocycles. The fraction of sp³-hybridized carbons (Fsp3) is 0.600. The minimum Gasteiger partial charge on any atom is -0.497 e. The Balaban J connectivity index is 2.31. The molecule has 2 rings (SSSR count). The highest BCUT2D eigenvalue weighted by molar-refractivity contribution is 5.44. The van der Waals surface area contributed by atoms with E-state index in [4.69, 9.17) is 15.2 Å². The van der Waals surface area contributed by atoms with Gasteiger partial charge in [-0.15, -0.1) is 0 Å². The highest BCUT2D eigenvalue weighted by Crippen LogP contribution is 2.42. The smallest absolute Gasteiger partial charge is 0.128 e. The summed E-state index contributed by atoms with van der Waals surface area (Å²) < 4.78 is 11.4. The van der Waals surface area contributed by atoms with Gasteiger partial charge in [0.1, 0.15) is 17.1 Å². The summed E-state index contributed by atoms with van der Waals surface area (Å²) in [6.45, 7) is 6.57. The molecule has 18 heavy (non-hydrogen) atoms. The van der Waals surface area contributed by atoms with E-state index in [2.05, 4.69) is 20.8 Å². The maximum absolute atomic E-state index is 6.27. The molecule has 0 radical (unpaired) electrons. The lowest BCUT2D eigenvalue weighted by molar-refractivity contribution is 0.0338. The van der Waals surface area contributed by atoms with Gasteiger partial charge >= 0.3 is 0 Å². The molecule has 0 saturated carbocycles. The third-order valence-corrected chi connectivity index (χ3v) is 3.47. The Morgan fingerprint density at radius 2 is 2.22 bits per heavy atom. The van der Waals surface area contributed by atoms with Crippen LogP contribution in [0.4, 0.5) is 0 Å². The summed E-state index contributed by atoms with van der Waals surface area (Å²) in [5, 5.41) is 0. The molecule has 0 spiro atoms. The SMILES string of the molecule is COc1ccc2c(c1)OC(C)(CC(C)C)C[C@@H]2N. The van der Waals surface area contributed by atoms with Gasteiger partial charge < -0.3 is 15.2 Å². The number of rotatable bonds is 3. The van der Waals surface area contributed by atoms with Crippen LogP contribution in [-0.4, -0.2) is 12.7 Å². The Kier molecular flexibility index (Phi) is 3.53. The zero-order valence-electron chi connectivity index (χ0n) is 11.7. The summed E-state index contributed by atoms with van der Waals surface area (Å²) in [4.78, 5) is 0. The van der Waals surface area contributed by atoms with E-state index in [1.165, 1.54) is 0 Å². The molecule has 2 N–H and O–H groups in total. The number of hydrogen-bond acceptors (Lipinski definition) is 3. The molecule has 1 unspecified atom stereocenters. The van der Waals surface area contributed by atoms with Crippen LogP contribution in [0.25, 0.3) is 0 Å². The Labute approximate surface area is 109 Å². The minimum atomic E-state index is -0.174. The number of benzene rings is 1. The van der Waals surface area contributed by atoms with Crippen molar-refractivity contribution in [1.82, 2.24) is 0 Å². The lowest BCUT2D eigenvalue weighted by atomic mass is 9.83. The monoisotopic (exact) mass is 249 g/mol. The van der Waals surface area contributed by atoms with Crippen LogP contribution in [0.15, 0.2) is 18.2 Å². The highest BCUT2D eigenvalue weighted by Gasteiger charge is 2.36. The summed E-state index contributed by atoms with van der Waals surface area (Å²) in [6.07, 6.45) is 1.88. The predicted octanol–water partition coefficient (Wildman–Crippen LogP) is 3.28. The van der Waals surface area contributed by atoms with Gasteiger partial charge in [0, 0.05) is 24.1 Å². The summed E-state index contributed by atoms with van der Waals surface area (Å²) in [6, 6.07) is 5.93. The van der Waals surface area contributed by atoms with Crippen molar-refractivity contribution in [3.05, 3.63) is 23.8 Å². The third kappa shape index (κ3) is 2.61. The molecule has 1 aliphatic rings. The average molecular weight is 249 g/mol. The van der Waals surface area contributed by atoms with Crippen LogP contribution in [0.2, 0.25) is 0 Å². The molecule has 100 valence electrons. The molecule has 1 aromatic rings. The first-order valence-electron chi connectivity index (χ1n) is 6.56. The van der Waals surface area contributed by atoms with Gasteiger partial charge in [-0.2, -0.15) is 0 Å². The Morgan fingerprint density at radius 1 is 1.50 bits per heavy atom. The van der Waals surface area contributed by atoms with Crippen molar-refractivity contribution in [2.45, 2.75) is 45.3 Å². The molecule has 0 bridgehead atoms. The molecule has 1 aromatic carbocycles. The average Bonchev–Trinajstić information content (AvgIpc) is 2.26. The van der Waals surface area contributed by atoms with Crippen molar-refractivity contribution in [3.63, 3.8) is 0 Å². The van der Waals surface area contributed by atoms with Crippen molar-refractivity contribution in [2.24, 2.45) is 11.7 Å². The second-order valence-corrected chi connectivity index (χ2v) is 5.86. The van der Waals surface area contributed by atoms with Gasteiger partial charge in [-0.25, -0.2) is 0 Å². The van der Waals surface area contributed by atoms with Crippen LogP contribution >= 0.6 is 0 Å². The van der Waals surface area contributed by atoms with Crippen molar-refractivity contribution < 1.29 is 9.47 Å². The van der Waals surface area contributed by atoms with E-state index < -0.39 is 0 Å². The normalized spacial score (nSPS) is 26.7. The molecule has 0 aliphatic carbocycles. The molecule has 0 amide bonds. The van der Waals surface area contributed by atoms with E-state index in [0.29, 0.717) is 5.92 Å². The first-order chi connectivity index (χ1) is 8.43. The van der Waals surface area contributed by atoms with E-state index >= 15 is 0 Å². The van der Waals surface area contributed by atoms with Gasteiger partial charge in [-0.05, 0) is 25.3 Å². The van der Waals surface area contributed by atoms with Crippen molar-refractivity contribution in [1.29, 1.82) is 0 Å². The van der Waals surface area contributed by atoms with Crippen LogP contribution < -0.4 is 15.2 Å². The van der Waals surface area contributed by atoms with Gasteiger partial charge in [0.15, 0.2) is 0 Å². The summed E-state index contributed by atoms with van der Waals surface area (Å²) >= 11 is 0. The highest BCUT2D eigenvalue weighted by atomic mass is 16.5. The molecule has 3 nitrogen and oxygen atoms in total. The maximum atomic E-state index is 6.27. The zero-order chi connectivity index (χ0) is 13.3. The lowest BCUT2D eigenvalue weighted by Gasteiger charge is -2.40. The van der Waals surface area contributed by atoms with E-state index in [1.54, 1.807) is 7.11 Å². The van der Waals surface area contributed by atoms with Gasteiger partial charge in [0.2, 0.25) is 0 Å². The molecular weight excluding hydrogens is 226 g/mol.